The Balaban J connectivity index is 0.000000117. The zero-order valence-electron chi connectivity index (χ0n) is 73.8. The number of fused-ring (bicyclic) bond motifs is 4. The Morgan fingerprint density at radius 2 is 0.833 bits per heavy atom. The molecule has 8 aliphatic rings. The number of para-hydroxylation sites is 3. The lowest BCUT2D eigenvalue weighted by Gasteiger charge is -2.35. The smallest absolute Gasteiger partial charge is 0.254 e. The van der Waals surface area contributed by atoms with Crippen LogP contribution in [0.25, 0.3) is 52.6 Å². The van der Waals surface area contributed by atoms with Crippen LogP contribution in [0.1, 0.15) is 117 Å². The van der Waals surface area contributed by atoms with Crippen LogP contribution in [0.2, 0.25) is 0 Å². The van der Waals surface area contributed by atoms with E-state index in [0.29, 0.717) is 159 Å². The van der Waals surface area contributed by atoms with Gasteiger partial charge in [-0.2, -0.15) is 78.7 Å². The van der Waals surface area contributed by atoms with E-state index in [2.05, 4.69) is 136 Å². The van der Waals surface area contributed by atoms with E-state index in [4.69, 9.17) is 29.7 Å². The van der Waals surface area contributed by atoms with Gasteiger partial charge < -0.3 is 57.9 Å². The molecule has 6 aromatic carbocycles. The largest absolute Gasteiger partial charge is 0.379 e. The Morgan fingerprint density at radius 3 is 1.24 bits per heavy atom. The van der Waals surface area contributed by atoms with Crippen LogP contribution in [0.5, 0.6) is 0 Å². The molecule has 3 saturated carbocycles. The van der Waals surface area contributed by atoms with E-state index in [9.17, 15) is 34.0 Å². The molecule has 12 N–H and O–H groups in total. The van der Waals surface area contributed by atoms with Crippen molar-refractivity contribution in [1.82, 2.24) is 109 Å². The predicted molar refractivity (Wildman–Crippen MR) is 522 cm³/mol. The molecule has 0 radical (unpaired) electrons. The van der Waals surface area contributed by atoms with Gasteiger partial charge in [-0.15, -0.1) is 0 Å². The van der Waals surface area contributed by atoms with Crippen molar-refractivity contribution >= 4 is 152 Å². The van der Waals surface area contributed by atoms with E-state index >= 15 is 0 Å². The summed E-state index contributed by atoms with van der Waals surface area (Å²) in [5.74, 6) is 3.79. The maximum atomic E-state index is 12.4. The summed E-state index contributed by atoms with van der Waals surface area (Å²) in [4.78, 5) is 107. The van der Waals surface area contributed by atoms with Crippen LogP contribution < -0.4 is 63.8 Å². The number of hydrogen-bond acceptors (Lipinski definition) is 29. The summed E-state index contributed by atoms with van der Waals surface area (Å²) in [6.45, 7) is 10.6. The molecule has 2 unspecified atom stereocenters. The van der Waals surface area contributed by atoms with Crippen LogP contribution in [0, 0.1) is 23.2 Å². The number of carbonyl (C=O) groups excluding carboxylic acids is 6. The second kappa shape index (κ2) is 40.0. The summed E-state index contributed by atoms with van der Waals surface area (Å²) in [6, 6.07) is 62.7. The number of rotatable bonds is 26. The molecule has 5 saturated heterocycles. The quantitative estimate of drug-likeness (QED) is 0.0177. The molecule has 8 fully saturated rings. The average Bonchev–Trinajstić information content (AvgIpc) is 1.59. The van der Waals surface area contributed by atoms with Gasteiger partial charge >= 0.3 is 0 Å². The number of nitriles is 1. The van der Waals surface area contributed by atoms with E-state index < -0.39 is 11.9 Å². The molecule has 6 amide bonds. The molecule has 138 heavy (non-hydrogen) atoms. The number of amides is 6. The fraction of sp³-hybridized carbons (Fsp3) is 0.210. The van der Waals surface area contributed by atoms with Crippen molar-refractivity contribution in [1.29, 1.82) is 5.26 Å². The molecule has 9 aromatic heterocycles. The van der Waals surface area contributed by atoms with Crippen molar-refractivity contribution in [3.63, 3.8) is 0 Å². The molecule has 0 spiro atoms. The third kappa shape index (κ3) is 21.0. The van der Waals surface area contributed by atoms with Gasteiger partial charge in [-0.3, -0.25) is 44.3 Å². The Morgan fingerprint density at radius 1 is 0.428 bits per heavy atom. The average molecular weight is 1840 g/mol. The van der Waals surface area contributed by atoms with Crippen LogP contribution >= 0.6 is 0 Å². The molecule has 2 atom stereocenters. The number of nitrogens with one attached hydrogen (secondary N) is 12. The summed E-state index contributed by atoms with van der Waals surface area (Å²) < 4.78 is 14.0. The van der Waals surface area contributed by atoms with E-state index in [1.807, 2.05) is 199 Å². The number of carbonyl (C=O) groups is 6. The third-order valence-corrected chi connectivity index (χ3v) is 23.6. The molecule has 0 bridgehead atoms. The maximum absolute atomic E-state index is 12.4. The third-order valence-electron chi connectivity index (χ3n) is 23.6. The number of ether oxygens (including phenoxy) is 1. The molecule has 38 nitrogen and oxygen atoms in total. The van der Waals surface area contributed by atoms with Crippen LogP contribution in [0.15, 0.2) is 272 Å². The maximum Gasteiger partial charge on any atom is 0.254 e. The van der Waals surface area contributed by atoms with Gasteiger partial charge in [0.05, 0.1) is 62.6 Å². The van der Waals surface area contributed by atoms with E-state index in [1.165, 1.54) is 30.2 Å². The van der Waals surface area contributed by atoms with Crippen molar-refractivity contribution in [2.75, 3.05) is 68.8 Å². The second-order valence-electron chi connectivity index (χ2n) is 33.8. The SMILES string of the molecule is C.C=C1C/C(=C\c2cnn3c(NC4CC4)cc(Nc4ccc(-n5cccn5)cc4)nc23)C(=O)N1.C=C1C/C(=C\c2cnn3c(Nc4ccccc4)nc(NC(c4ccccc4)N4CCOCC4)nc23)C(=O)N1.N#CC(Nc1nc(Nc2ccccc2)n2ncc(/C=C3\CC(=O)NC3=O)c2n1)c1ccccc1.O=C1C/C(=C\c2cnn3c(Nc4ccccc4)nc(NC(C4CC4)C4CC4)nc23)C(=O)N1. The summed E-state index contributed by atoms with van der Waals surface area (Å²) in [5, 5.41) is 69.0. The van der Waals surface area contributed by atoms with Crippen molar-refractivity contribution in [3.8, 4) is 11.8 Å². The van der Waals surface area contributed by atoms with Gasteiger partial charge in [0.15, 0.2) is 22.6 Å². The van der Waals surface area contributed by atoms with Gasteiger partial charge in [0.25, 0.3) is 23.6 Å². The van der Waals surface area contributed by atoms with Crippen molar-refractivity contribution in [2.24, 2.45) is 11.8 Å². The monoisotopic (exact) mass is 1840 g/mol. The van der Waals surface area contributed by atoms with Crippen LogP contribution in [0.3, 0.4) is 0 Å². The van der Waals surface area contributed by atoms with Crippen LogP contribution in [0.4, 0.5) is 70.1 Å². The fourth-order valence-electron chi connectivity index (χ4n) is 16.4. The summed E-state index contributed by atoms with van der Waals surface area (Å²) >= 11 is 0. The first-order valence-electron chi connectivity index (χ1n) is 44.9. The first-order valence-corrected chi connectivity index (χ1v) is 44.9. The van der Waals surface area contributed by atoms with Gasteiger partial charge in [-0.05, 0) is 153 Å². The lowest BCUT2D eigenvalue weighted by Crippen LogP contribution is -2.42. The number of hydrogen-bond donors (Lipinski definition) is 12. The highest BCUT2D eigenvalue weighted by Gasteiger charge is 2.42. The molecule has 3 aliphatic carbocycles. The molecular weight excluding hydrogens is 1750 g/mol. The highest BCUT2D eigenvalue weighted by molar-refractivity contribution is 6.17. The molecule has 38 heteroatoms. The van der Waals surface area contributed by atoms with Gasteiger partial charge in [0.1, 0.15) is 23.8 Å². The normalized spacial score (nSPS) is 17.4. The first kappa shape index (κ1) is 89.5. The summed E-state index contributed by atoms with van der Waals surface area (Å²) in [7, 11) is 0. The van der Waals surface area contributed by atoms with Gasteiger partial charge in [0.2, 0.25) is 47.5 Å². The van der Waals surface area contributed by atoms with E-state index in [-0.39, 0.29) is 61.9 Å². The Bertz CT molecular complexity index is 7310. The minimum atomic E-state index is -0.684. The zero-order valence-corrected chi connectivity index (χ0v) is 73.8. The molecular formula is C100H95N31O7. The lowest BCUT2D eigenvalue weighted by atomic mass is 10.1. The minimum Gasteiger partial charge on any atom is -0.379 e. The second-order valence-corrected chi connectivity index (χ2v) is 33.8. The van der Waals surface area contributed by atoms with Crippen LogP contribution in [-0.4, -0.2) is 162 Å². The number of benzene rings is 6. The number of anilines is 12. The summed E-state index contributed by atoms with van der Waals surface area (Å²) in [5.41, 5.74) is 14.6. The molecule has 14 heterocycles. The van der Waals surface area contributed by atoms with E-state index in [1.54, 1.807) is 56.7 Å². The number of imide groups is 2. The molecule has 23 rings (SSSR count). The fourth-order valence-corrected chi connectivity index (χ4v) is 16.4. The zero-order chi connectivity index (χ0) is 93.4. The van der Waals surface area contributed by atoms with Crippen molar-refractivity contribution in [3.05, 3.63) is 305 Å². The number of morpholine rings is 1. The Hall–Kier alpha value is -17.7. The standard InChI is InChI=1S/C28H28N8O2.C24H18N8O2.C24H22N8O.C23H23N7O2.CH4/c1-19-16-21(26(37)30-19)17-22-18-29-36-25(22)33-27(34-28(36)31-23-10-6-3-7-11-23)32-24(20-8-4-2-5-9-20)35-12-14-38-15-13-35;25-13-19(15-7-3-1-4-8-15)28-23-30-21-17(11-16-12-20(33)29-22(16)34)14-26-32(21)24(31-23)27-18-9-5-2-6-10-18;1-15-11-16(24(33)27-15)12-17-14-26-32-22(29-19-3-4-19)13-21(30-23(17)32)28-18-5-7-20(8-6-18)31-10-2-9-25-31;31-18-11-15(21(32)26-18)10-16-12-24-30-20(16)28-22(27-19(13-6-7-13)14-8-9-14)29-23(30)25-17-4-2-1-3-5-17;/h2-11,17-18,24H,1,12-16H2,(H,30,37)(H2,31,32,33,34);1-11,14,19H,12H2,(H,29,33,34)(H2,27,28,30,31);2,5-10,12-14,19,29H,1,3-4,11H2,(H,27,33)(H,28,30);1-5,10,12-14,19H,6-9,11H2,(H,26,31,32)(H2,25,27,28,29);1H4/b21-17+;16-11+;16-12+;15-10+;. The predicted octanol–water partition coefficient (Wildman–Crippen LogP) is 13.9. The van der Waals surface area contributed by atoms with Gasteiger partial charge in [0, 0.05) is 135 Å². The number of aromatic nitrogens is 17. The lowest BCUT2D eigenvalue weighted by molar-refractivity contribution is -0.125. The Kier molecular flexibility index (Phi) is 25.9. The number of nitrogens with zero attached hydrogens (tertiary/aromatic N) is 19. The van der Waals surface area contributed by atoms with E-state index in [0.717, 1.165) is 76.9 Å². The van der Waals surface area contributed by atoms with Crippen molar-refractivity contribution < 1.29 is 33.5 Å². The molecule has 15 aromatic rings. The van der Waals surface area contributed by atoms with Crippen molar-refractivity contribution in [2.45, 2.75) is 95.9 Å². The summed E-state index contributed by atoms with van der Waals surface area (Å²) in [6.07, 6.45) is 25.4. The highest BCUT2D eigenvalue weighted by Crippen LogP contribution is 2.46. The Labute approximate surface area is 790 Å². The van der Waals surface area contributed by atoms with Gasteiger partial charge in [-0.25, -0.2) is 9.67 Å². The molecule has 692 valence electrons. The van der Waals surface area contributed by atoms with Crippen LogP contribution in [-0.2, 0) is 33.5 Å². The number of allylic oxidation sites excluding steroid dienone is 2. The van der Waals surface area contributed by atoms with Gasteiger partial charge in [-0.1, -0.05) is 136 Å². The molecule has 5 aliphatic heterocycles. The minimum absolute atomic E-state index is 0. The topological polar surface area (TPSA) is 460 Å². The first-order chi connectivity index (χ1) is 67.0. The highest BCUT2D eigenvalue weighted by atomic mass is 16.5.